The van der Waals surface area contributed by atoms with E-state index in [0.717, 1.165) is 0 Å². The van der Waals surface area contributed by atoms with Gasteiger partial charge in [0.1, 0.15) is 54.1 Å². The Hall–Kier alpha value is -7.87. The highest BCUT2D eigenvalue weighted by atomic mass is 16.4. The van der Waals surface area contributed by atoms with Gasteiger partial charge >= 0.3 is 11.9 Å². The van der Waals surface area contributed by atoms with Gasteiger partial charge in [0.15, 0.2) is 5.96 Å². The fourth-order valence-corrected chi connectivity index (χ4v) is 7.56. The highest BCUT2D eigenvalue weighted by molar-refractivity contribution is 5.98. The van der Waals surface area contributed by atoms with Crippen molar-refractivity contribution < 1.29 is 68.4 Å². The molecule has 0 heterocycles. The summed E-state index contributed by atoms with van der Waals surface area (Å²) in [5.74, 6) is -10.7. The molecule has 0 radical (unpaired) electrons. The van der Waals surface area contributed by atoms with E-state index in [-0.39, 0.29) is 68.6 Å². The van der Waals surface area contributed by atoms with Crippen molar-refractivity contribution in [3.8, 4) is 5.75 Å². The van der Waals surface area contributed by atoms with Crippen molar-refractivity contribution in [2.24, 2.45) is 34.0 Å². The molecule has 0 aliphatic rings. The lowest BCUT2D eigenvalue weighted by Crippen LogP contribution is -2.61. The molecule has 0 spiro atoms. The van der Waals surface area contributed by atoms with E-state index >= 15 is 0 Å². The second kappa shape index (κ2) is 32.5. The van der Waals surface area contributed by atoms with Gasteiger partial charge in [-0.3, -0.25) is 48.1 Å². The second-order valence-corrected chi connectivity index (χ2v) is 19.7. The summed E-state index contributed by atoms with van der Waals surface area (Å²) in [5.41, 5.74) is 17.8. The average molecular weight is 1080 g/mol. The summed E-state index contributed by atoms with van der Waals surface area (Å²) >= 11 is 0. The Morgan fingerprint density at radius 1 is 0.519 bits per heavy atom. The number of phenolic OH excluding ortho intramolecular Hbond substituents is 1. The zero-order chi connectivity index (χ0) is 58.1. The summed E-state index contributed by atoms with van der Waals surface area (Å²) < 4.78 is 0. The van der Waals surface area contributed by atoms with Gasteiger partial charge in [-0.25, -0.2) is 4.79 Å². The Kier molecular flexibility index (Phi) is 27.6. The quantitative estimate of drug-likeness (QED) is 0.0207. The first kappa shape index (κ1) is 65.2. The molecular weight excluding hydrogens is 1000 g/mol. The van der Waals surface area contributed by atoms with Crippen LogP contribution in [0.4, 0.5) is 0 Å². The molecule has 0 aliphatic heterocycles. The molecule has 0 bridgehead atoms. The monoisotopic (exact) mass is 1080 g/mol. The molecule has 10 unspecified atom stereocenters. The van der Waals surface area contributed by atoms with Gasteiger partial charge in [-0.2, -0.15) is 0 Å². The molecule has 0 aliphatic carbocycles. The van der Waals surface area contributed by atoms with Crippen molar-refractivity contribution in [2.45, 2.75) is 160 Å². The number of aliphatic hydroxyl groups excluding tert-OH is 1. The van der Waals surface area contributed by atoms with Crippen molar-refractivity contribution in [3.63, 3.8) is 0 Å². The third-order valence-electron chi connectivity index (χ3n) is 11.7. The van der Waals surface area contributed by atoms with Crippen LogP contribution in [0.2, 0.25) is 0 Å². The number of amides is 8. The van der Waals surface area contributed by atoms with E-state index in [1.54, 1.807) is 58.0 Å². The molecule has 2 aromatic carbocycles. The van der Waals surface area contributed by atoms with Crippen LogP contribution < -0.4 is 59.7 Å². The SMILES string of the molecule is CC(C)CC(NC(=O)C(Cc1ccc(O)cc1)NC(=O)C(CCC(=O)O)NC(=O)C(CC(C)C)NC(=O)C(C)NC(=O)C(CCCN=C(N)N)NC(=O)C(NC(=O)C(Cc1ccccc1)NC(=O)C(C)N)C(C)O)C(=O)O. The molecule has 0 aromatic heterocycles. The van der Waals surface area contributed by atoms with E-state index in [1.165, 1.54) is 45.0 Å². The first-order chi connectivity index (χ1) is 36.1. The van der Waals surface area contributed by atoms with E-state index < -0.39 is 133 Å². The van der Waals surface area contributed by atoms with Gasteiger partial charge in [0.2, 0.25) is 47.3 Å². The Bertz CT molecular complexity index is 2350. The molecule has 0 fully saturated rings. The first-order valence-electron chi connectivity index (χ1n) is 25.3. The number of aliphatic hydroxyl groups is 1. The molecule has 426 valence electrons. The number of carboxylic acids is 2. The van der Waals surface area contributed by atoms with E-state index in [9.17, 15) is 68.4 Å². The lowest BCUT2D eigenvalue weighted by Gasteiger charge is -2.28. The van der Waals surface area contributed by atoms with Gasteiger partial charge in [-0.15, -0.1) is 0 Å². The molecule has 10 atom stereocenters. The number of nitrogens with one attached hydrogen (secondary N) is 8. The number of hydrogen-bond donors (Lipinski definition) is 15. The van der Waals surface area contributed by atoms with Gasteiger partial charge in [0.25, 0.3) is 0 Å². The summed E-state index contributed by atoms with van der Waals surface area (Å²) in [7, 11) is 0. The third-order valence-corrected chi connectivity index (χ3v) is 11.7. The van der Waals surface area contributed by atoms with Crippen LogP contribution in [0.3, 0.4) is 0 Å². The average Bonchev–Trinajstić information content (AvgIpc) is 3.34. The molecular formula is C51H78N12O14. The summed E-state index contributed by atoms with van der Waals surface area (Å²) in [5, 5.41) is 59.9. The third kappa shape index (κ3) is 24.6. The van der Waals surface area contributed by atoms with Crippen LogP contribution in [-0.2, 0) is 60.8 Å². The fourth-order valence-electron chi connectivity index (χ4n) is 7.56. The minimum absolute atomic E-state index is 0.00223. The van der Waals surface area contributed by atoms with E-state index in [2.05, 4.69) is 47.5 Å². The lowest BCUT2D eigenvalue weighted by molar-refractivity contribution is -0.142. The predicted molar refractivity (Wildman–Crippen MR) is 282 cm³/mol. The Labute approximate surface area is 447 Å². The van der Waals surface area contributed by atoms with Crippen LogP contribution in [0.5, 0.6) is 5.75 Å². The molecule has 77 heavy (non-hydrogen) atoms. The normalized spacial score (nSPS) is 15.0. The maximum atomic E-state index is 14.1. The molecule has 2 aromatic rings. The number of benzene rings is 2. The number of aliphatic imine (C=N–C) groups is 1. The van der Waals surface area contributed by atoms with E-state index in [1.807, 2.05) is 0 Å². The summed E-state index contributed by atoms with van der Waals surface area (Å²) in [6.07, 6.45) is -2.95. The lowest BCUT2D eigenvalue weighted by atomic mass is 10.0. The minimum atomic E-state index is -1.68. The summed E-state index contributed by atoms with van der Waals surface area (Å²) in [4.78, 5) is 137. The zero-order valence-corrected chi connectivity index (χ0v) is 44.5. The Balaban J connectivity index is 2.38. The molecule has 2 rings (SSSR count). The topological polar surface area (TPSA) is 438 Å². The van der Waals surface area contributed by atoms with Crippen LogP contribution >= 0.6 is 0 Å². The smallest absolute Gasteiger partial charge is 0.326 e. The van der Waals surface area contributed by atoms with Crippen molar-refractivity contribution in [1.29, 1.82) is 0 Å². The molecule has 26 nitrogen and oxygen atoms in total. The molecule has 26 heteroatoms. The van der Waals surface area contributed by atoms with Gasteiger partial charge in [-0.05, 0) is 88.0 Å². The summed E-state index contributed by atoms with van der Waals surface area (Å²) in [6.45, 7) is 10.8. The molecule has 18 N–H and O–H groups in total. The highest BCUT2D eigenvalue weighted by Crippen LogP contribution is 2.14. The van der Waals surface area contributed by atoms with Crippen LogP contribution in [0.15, 0.2) is 59.6 Å². The number of carbonyl (C=O) groups excluding carboxylic acids is 8. The standard InChI is InChI=1S/C51H78N12O14/c1-26(2)22-36(46(72)57-35(19-20-40(66)67)45(71)61-37(25-32-15-17-33(65)18-16-32)47(73)62-39(50(76)77)23-27(3)4)60-43(69)29(6)56-44(70)34(14-11-21-55-51(53)54)58-49(75)41(30(7)64)63-48(74)38(59-42(68)28(5)52)24-31-12-9-8-10-13-31/h8-10,12-13,15-18,26-30,34-39,41,64-65H,11,14,19-25,52H2,1-7H3,(H,56,70)(H,57,72)(H,58,75)(H,59,68)(H,60,69)(H,61,71)(H,62,73)(H,63,74)(H,66,67)(H,76,77)(H4,53,54,55). The van der Waals surface area contributed by atoms with Gasteiger partial charge in [0.05, 0.1) is 12.1 Å². The van der Waals surface area contributed by atoms with Crippen molar-refractivity contribution >= 4 is 65.2 Å². The number of carboxylic acid groups (broad SMARTS) is 2. The number of rotatable bonds is 33. The highest BCUT2D eigenvalue weighted by Gasteiger charge is 2.36. The van der Waals surface area contributed by atoms with E-state index in [0.29, 0.717) is 11.1 Å². The number of phenols is 1. The fraction of sp³-hybridized carbons (Fsp3) is 0.549. The number of carbonyl (C=O) groups is 10. The minimum Gasteiger partial charge on any atom is -0.508 e. The van der Waals surface area contributed by atoms with Crippen LogP contribution in [0.25, 0.3) is 0 Å². The number of nitrogens with zero attached hydrogens (tertiary/aromatic N) is 1. The van der Waals surface area contributed by atoms with Gasteiger partial charge < -0.3 is 80.2 Å². The van der Waals surface area contributed by atoms with Crippen LogP contribution in [-0.4, -0.2) is 153 Å². The number of hydrogen-bond acceptors (Lipinski definition) is 14. The summed E-state index contributed by atoms with van der Waals surface area (Å²) in [6, 6.07) is 1.61. The number of aromatic hydroxyl groups is 1. The van der Waals surface area contributed by atoms with E-state index in [4.69, 9.17) is 17.2 Å². The number of nitrogens with two attached hydrogens (primary N) is 3. The van der Waals surface area contributed by atoms with Crippen molar-refractivity contribution in [1.82, 2.24) is 42.5 Å². The zero-order valence-electron chi connectivity index (χ0n) is 44.5. The van der Waals surface area contributed by atoms with Crippen molar-refractivity contribution in [3.05, 3.63) is 65.7 Å². The van der Waals surface area contributed by atoms with Gasteiger partial charge in [0, 0.05) is 25.8 Å². The molecule has 0 saturated carbocycles. The molecule has 8 amide bonds. The second-order valence-electron chi connectivity index (χ2n) is 19.7. The largest absolute Gasteiger partial charge is 0.508 e. The van der Waals surface area contributed by atoms with Crippen LogP contribution in [0.1, 0.15) is 98.1 Å². The Morgan fingerprint density at radius 3 is 1.48 bits per heavy atom. The van der Waals surface area contributed by atoms with Gasteiger partial charge in [-0.1, -0.05) is 70.2 Å². The van der Waals surface area contributed by atoms with Crippen LogP contribution in [0, 0.1) is 11.8 Å². The number of guanidine groups is 1. The molecule has 0 saturated heterocycles. The maximum absolute atomic E-state index is 14.1. The Morgan fingerprint density at radius 2 is 0.961 bits per heavy atom. The predicted octanol–water partition coefficient (Wildman–Crippen LogP) is -2.10. The number of aliphatic carboxylic acids is 2. The van der Waals surface area contributed by atoms with Crippen molar-refractivity contribution in [2.75, 3.05) is 6.54 Å². The first-order valence-corrected chi connectivity index (χ1v) is 25.3. The maximum Gasteiger partial charge on any atom is 0.326 e.